The number of aromatic nitrogens is 4. The predicted molar refractivity (Wildman–Crippen MR) is 74.3 cm³/mol. The van der Waals surface area contributed by atoms with Gasteiger partial charge in [0, 0.05) is 44.0 Å². The second kappa shape index (κ2) is 6.51. The summed E-state index contributed by atoms with van der Waals surface area (Å²) >= 11 is 3.32. The average molecular weight is 326 g/mol. The summed E-state index contributed by atoms with van der Waals surface area (Å²) < 4.78 is 4.49. The summed E-state index contributed by atoms with van der Waals surface area (Å²) in [5.41, 5.74) is 1.01. The highest BCUT2D eigenvalue weighted by molar-refractivity contribution is 9.10. The van der Waals surface area contributed by atoms with Crippen molar-refractivity contribution in [2.24, 2.45) is 0 Å². The van der Waals surface area contributed by atoms with E-state index in [-0.39, 0.29) is 5.91 Å². The summed E-state index contributed by atoms with van der Waals surface area (Å²) in [7, 11) is 0. The van der Waals surface area contributed by atoms with Gasteiger partial charge in [-0.1, -0.05) is 0 Å². The van der Waals surface area contributed by atoms with Crippen LogP contribution >= 0.6 is 15.9 Å². The maximum Gasteiger partial charge on any atom is 0.222 e. The quantitative estimate of drug-likeness (QED) is 0.876. The third-order valence-corrected chi connectivity index (χ3v) is 3.08. The third kappa shape index (κ3) is 4.20. The van der Waals surface area contributed by atoms with E-state index < -0.39 is 0 Å². The molecule has 0 atom stereocenters. The predicted octanol–water partition coefficient (Wildman–Crippen LogP) is 1.57. The Morgan fingerprint density at radius 2 is 2.11 bits per heavy atom. The van der Waals surface area contributed by atoms with E-state index in [0.29, 0.717) is 19.5 Å². The fourth-order valence-electron chi connectivity index (χ4n) is 1.64. The van der Waals surface area contributed by atoms with Gasteiger partial charge in [0.1, 0.15) is 0 Å². The summed E-state index contributed by atoms with van der Waals surface area (Å²) in [5, 5.41) is 11.1. The van der Waals surface area contributed by atoms with Crippen molar-refractivity contribution in [3.8, 4) is 0 Å². The Morgan fingerprint density at radius 1 is 1.32 bits per heavy atom. The van der Waals surface area contributed by atoms with Crippen molar-refractivity contribution >= 4 is 21.8 Å². The van der Waals surface area contributed by atoms with E-state index in [9.17, 15) is 4.79 Å². The molecule has 19 heavy (non-hydrogen) atoms. The van der Waals surface area contributed by atoms with Gasteiger partial charge in [-0.3, -0.25) is 14.2 Å². The zero-order chi connectivity index (χ0) is 13.7. The van der Waals surface area contributed by atoms with Gasteiger partial charge in [0.15, 0.2) is 0 Å². The molecule has 1 amide bonds. The van der Waals surface area contributed by atoms with Gasteiger partial charge in [-0.2, -0.15) is 10.2 Å². The Bertz CT molecular complexity index is 548. The molecule has 1 N–H and O–H groups in total. The lowest BCUT2D eigenvalue weighted by Gasteiger charge is -2.03. The molecule has 0 saturated carbocycles. The van der Waals surface area contributed by atoms with Crippen LogP contribution in [0.3, 0.4) is 0 Å². The molecule has 0 radical (unpaired) electrons. The number of rotatable bonds is 6. The van der Waals surface area contributed by atoms with Crippen LogP contribution in [-0.2, 0) is 24.4 Å². The minimum atomic E-state index is 0.0101. The van der Waals surface area contributed by atoms with Crippen molar-refractivity contribution in [2.75, 3.05) is 0 Å². The molecule has 2 heterocycles. The van der Waals surface area contributed by atoms with E-state index in [2.05, 4.69) is 31.4 Å². The van der Waals surface area contributed by atoms with Crippen LogP contribution in [0.25, 0.3) is 0 Å². The fourth-order valence-corrected chi connectivity index (χ4v) is 1.96. The van der Waals surface area contributed by atoms with Gasteiger partial charge in [-0.05, 0) is 22.9 Å². The first-order valence-corrected chi connectivity index (χ1v) is 6.92. The maximum atomic E-state index is 11.7. The largest absolute Gasteiger partial charge is 0.352 e. The van der Waals surface area contributed by atoms with Gasteiger partial charge >= 0.3 is 0 Å². The van der Waals surface area contributed by atoms with Gasteiger partial charge in [-0.25, -0.2) is 0 Å². The van der Waals surface area contributed by atoms with Crippen molar-refractivity contribution in [1.29, 1.82) is 0 Å². The lowest BCUT2D eigenvalue weighted by Crippen LogP contribution is -2.23. The van der Waals surface area contributed by atoms with Gasteiger partial charge in [-0.15, -0.1) is 0 Å². The molecule has 0 aliphatic carbocycles. The molecule has 2 rings (SSSR count). The Balaban J connectivity index is 1.72. The topological polar surface area (TPSA) is 64.7 Å². The number of hydrogen-bond acceptors (Lipinski definition) is 3. The molecule has 7 heteroatoms. The summed E-state index contributed by atoms with van der Waals surface area (Å²) in [6.07, 6.45) is 7.67. The average Bonchev–Trinajstić information content (AvgIpc) is 3.02. The van der Waals surface area contributed by atoms with Crippen molar-refractivity contribution in [1.82, 2.24) is 24.9 Å². The molecule has 0 saturated heterocycles. The lowest BCUT2D eigenvalue weighted by atomic mass is 10.3. The van der Waals surface area contributed by atoms with Crippen LogP contribution in [0.15, 0.2) is 29.3 Å². The first-order valence-electron chi connectivity index (χ1n) is 6.13. The number of halogens is 1. The maximum absolute atomic E-state index is 11.7. The second-order valence-electron chi connectivity index (χ2n) is 4.15. The van der Waals surface area contributed by atoms with Crippen molar-refractivity contribution in [3.63, 3.8) is 0 Å². The summed E-state index contributed by atoms with van der Waals surface area (Å²) in [5.74, 6) is 0.0101. The van der Waals surface area contributed by atoms with Crippen LogP contribution in [0.1, 0.15) is 18.9 Å². The lowest BCUT2D eigenvalue weighted by molar-refractivity contribution is -0.121. The Labute approximate surface area is 119 Å². The Hall–Kier alpha value is -1.63. The fraction of sp³-hybridized carbons (Fsp3) is 0.417. The standard InChI is InChI=1S/C12H16BrN5O/c1-2-17-8-10(6-15-17)5-14-12(19)3-4-18-9-11(13)7-16-18/h6-9H,2-5H2,1H3,(H,14,19). The normalized spacial score (nSPS) is 10.6. The van der Waals surface area contributed by atoms with Crippen LogP contribution in [0.4, 0.5) is 0 Å². The Morgan fingerprint density at radius 3 is 2.74 bits per heavy atom. The van der Waals surface area contributed by atoms with E-state index in [4.69, 9.17) is 0 Å². The van der Waals surface area contributed by atoms with Crippen LogP contribution in [0.5, 0.6) is 0 Å². The molecular formula is C12H16BrN5O. The van der Waals surface area contributed by atoms with Crippen LogP contribution < -0.4 is 5.32 Å². The molecule has 6 nitrogen and oxygen atoms in total. The second-order valence-corrected chi connectivity index (χ2v) is 5.07. The van der Waals surface area contributed by atoms with E-state index in [1.54, 1.807) is 17.1 Å². The van der Waals surface area contributed by atoms with Crippen molar-refractivity contribution < 1.29 is 4.79 Å². The summed E-state index contributed by atoms with van der Waals surface area (Å²) in [6.45, 7) is 3.95. The molecular weight excluding hydrogens is 310 g/mol. The SMILES string of the molecule is CCn1cc(CNC(=O)CCn2cc(Br)cn2)cn1. The molecule has 102 valence electrons. The molecule has 2 aromatic heterocycles. The van der Waals surface area contributed by atoms with E-state index in [1.165, 1.54) is 0 Å². The van der Waals surface area contributed by atoms with Crippen molar-refractivity contribution in [3.05, 3.63) is 34.8 Å². The summed E-state index contributed by atoms with van der Waals surface area (Å²) in [4.78, 5) is 11.7. The highest BCUT2D eigenvalue weighted by Gasteiger charge is 2.04. The number of amides is 1. The van der Waals surface area contributed by atoms with Gasteiger partial charge in [0.2, 0.25) is 5.91 Å². The molecule has 0 aliphatic heterocycles. The minimum Gasteiger partial charge on any atom is -0.352 e. The van der Waals surface area contributed by atoms with Gasteiger partial charge < -0.3 is 5.32 Å². The highest BCUT2D eigenvalue weighted by Crippen LogP contribution is 2.06. The van der Waals surface area contributed by atoms with Crippen LogP contribution in [-0.4, -0.2) is 25.5 Å². The molecule has 0 aliphatic rings. The number of hydrogen-bond donors (Lipinski definition) is 1. The molecule has 2 aromatic rings. The number of nitrogens with one attached hydrogen (secondary N) is 1. The molecule has 0 spiro atoms. The number of carbonyl (C=O) groups excluding carboxylic acids is 1. The third-order valence-electron chi connectivity index (χ3n) is 2.67. The molecule has 0 aromatic carbocycles. The smallest absolute Gasteiger partial charge is 0.222 e. The van der Waals surface area contributed by atoms with E-state index in [0.717, 1.165) is 16.6 Å². The first-order chi connectivity index (χ1) is 9.17. The molecule has 0 bridgehead atoms. The van der Waals surface area contributed by atoms with E-state index in [1.807, 2.05) is 24.0 Å². The van der Waals surface area contributed by atoms with Crippen LogP contribution in [0.2, 0.25) is 0 Å². The number of aryl methyl sites for hydroxylation is 2. The van der Waals surface area contributed by atoms with E-state index >= 15 is 0 Å². The molecule has 0 unspecified atom stereocenters. The first kappa shape index (κ1) is 13.8. The summed E-state index contributed by atoms with van der Waals surface area (Å²) in [6, 6.07) is 0. The zero-order valence-corrected chi connectivity index (χ0v) is 12.3. The number of carbonyl (C=O) groups is 1. The number of nitrogens with zero attached hydrogens (tertiary/aromatic N) is 4. The molecule has 0 fully saturated rings. The van der Waals surface area contributed by atoms with Gasteiger partial charge in [0.25, 0.3) is 0 Å². The monoisotopic (exact) mass is 325 g/mol. The van der Waals surface area contributed by atoms with Crippen molar-refractivity contribution in [2.45, 2.75) is 33.0 Å². The zero-order valence-electron chi connectivity index (χ0n) is 10.7. The Kier molecular flexibility index (Phi) is 4.73. The van der Waals surface area contributed by atoms with Crippen LogP contribution in [0, 0.1) is 0 Å². The minimum absolute atomic E-state index is 0.0101. The van der Waals surface area contributed by atoms with Gasteiger partial charge in [0.05, 0.1) is 16.9 Å². The highest BCUT2D eigenvalue weighted by atomic mass is 79.9.